The van der Waals surface area contributed by atoms with E-state index in [0.29, 0.717) is 34.1 Å². The van der Waals surface area contributed by atoms with Crippen LogP contribution in [-0.2, 0) is 6.42 Å². The lowest BCUT2D eigenvalue weighted by Crippen LogP contribution is -2.17. The third kappa shape index (κ3) is 3.46. The van der Waals surface area contributed by atoms with Gasteiger partial charge in [-0.15, -0.1) is 5.10 Å². The lowest BCUT2D eigenvalue weighted by atomic mass is 10.1. The Bertz CT molecular complexity index is 636. The summed E-state index contributed by atoms with van der Waals surface area (Å²) in [6.45, 7) is 1.77. The summed E-state index contributed by atoms with van der Waals surface area (Å²) in [5.41, 5.74) is 1.86. The van der Waals surface area contributed by atoms with Gasteiger partial charge in [-0.1, -0.05) is 11.6 Å². The van der Waals surface area contributed by atoms with E-state index in [9.17, 15) is 4.79 Å². The molecule has 104 valence electrons. The quantitative estimate of drug-likeness (QED) is 0.852. The third-order valence-electron chi connectivity index (χ3n) is 2.58. The second-order valence-corrected chi connectivity index (χ2v) is 4.96. The van der Waals surface area contributed by atoms with Crippen molar-refractivity contribution in [1.82, 2.24) is 15.2 Å². The Labute approximate surface area is 127 Å². The zero-order chi connectivity index (χ0) is 14.5. The maximum atomic E-state index is 12.2. The first-order valence-electron chi connectivity index (χ1n) is 5.97. The fourth-order valence-corrected chi connectivity index (χ4v) is 2.12. The van der Waals surface area contributed by atoms with Crippen LogP contribution in [0.5, 0.6) is 0 Å². The summed E-state index contributed by atoms with van der Waals surface area (Å²) < 4.78 is 0. The molecule has 0 fully saturated rings. The molecule has 0 unspecified atom stereocenters. The topological polar surface area (TPSA) is 67.8 Å². The fraction of sp³-hybridized carbons (Fsp3) is 0.231. The minimum Gasteiger partial charge on any atom is -0.304 e. The summed E-state index contributed by atoms with van der Waals surface area (Å²) in [5, 5.41) is 10.7. The second kappa shape index (κ2) is 6.67. The zero-order valence-electron chi connectivity index (χ0n) is 10.8. The molecule has 0 saturated carbocycles. The predicted octanol–water partition coefficient (Wildman–Crippen LogP) is 2.56. The van der Waals surface area contributed by atoms with Crippen molar-refractivity contribution in [1.29, 1.82) is 0 Å². The maximum absolute atomic E-state index is 12.2. The van der Waals surface area contributed by atoms with E-state index in [4.69, 9.17) is 11.6 Å². The molecule has 0 aliphatic carbocycles. The van der Waals surface area contributed by atoms with Crippen LogP contribution in [0.1, 0.15) is 21.7 Å². The van der Waals surface area contributed by atoms with Gasteiger partial charge in [0.15, 0.2) is 5.82 Å². The molecule has 0 radical (unpaired) electrons. The standard InChI is InChI=1S/C13H13ClN4OS/c1-8-7-10(14)12(18-17-8)16-13(19)9-3-2-5-15-11(9)4-6-20/h2-3,5,7,20H,4,6H2,1H3,(H,16,18,19). The predicted molar refractivity (Wildman–Crippen MR) is 81.5 cm³/mol. The number of rotatable bonds is 4. The molecule has 20 heavy (non-hydrogen) atoms. The second-order valence-electron chi connectivity index (χ2n) is 4.11. The van der Waals surface area contributed by atoms with Crippen LogP contribution in [0.3, 0.4) is 0 Å². The minimum absolute atomic E-state index is 0.239. The van der Waals surface area contributed by atoms with Gasteiger partial charge in [-0.2, -0.15) is 17.7 Å². The number of carbonyl (C=O) groups is 1. The Morgan fingerprint density at radius 1 is 1.45 bits per heavy atom. The molecule has 0 aliphatic rings. The number of hydrogen-bond donors (Lipinski definition) is 2. The number of carbonyl (C=O) groups excluding carboxylic acids is 1. The average Bonchev–Trinajstić information content (AvgIpc) is 2.43. The van der Waals surface area contributed by atoms with Gasteiger partial charge in [-0.3, -0.25) is 9.78 Å². The molecule has 0 aliphatic heterocycles. The number of halogens is 1. The Morgan fingerprint density at radius 3 is 2.95 bits per heavy atom. The molecule has 2 heterocycles. The van der Waals surface area contributed by atoms with E-state index in [0.717, 1.165) is 0 Å². The van der Waals surface area contributed by atoms with Crippen molar-refractivity contribution >= 4 is 36.0 Å². The molecule has 0 spiro atoms. The van der Waals surface area contributed by atoms with Gasteiger partial charge in [0.1, 0.15) is 0 Å². The Balaban J connectivity index is 2.24. The van der Waals surface area contributed by atoms with Crippen LogP contribution in [0.2, 0.25) is 5.02 Å². The van der Waals surface area contributed by atoms with Crippen molar-refractivity contribution in [2.45, 2.75) is 13.3 Å². The summed E-state index contributed by atoms with van der Waals surface area (Å²) in [6.07, 6.45) is 2.26. The largest absolute Gasteiger partial charge is 0.304 e. The molecule has 2 aromatic heterocycles. The van der Waals surface area contributed by atoms with Crippen LogP contribution in [0.4, 0.5) is 5.82 Å². The first-order valence-corrected chi connectivity index (χ1v) is 6.99. The van der Waals surface area contributed by atoms with Crippen molar-refractivity contribution in [3.63, 3.8) is 0 Å². The number of hydrogen-bond acceptors (Lipinski definition) is 5. The van der Waals surface area contributed by atoms with Crippen LogP contribution < -0.4 is 5.32 Å². The molecule has 1 N–H and O–H groups in total. The highest BCUT2D eigenvalue weighted by Crippen LogP contribution is 2.19. The summed E-state index contributed by atoms with van der Waals surface area (Å²) in [7, 11) is 0. The van der Waals surface area contributed by atoms with E-state index in [1.165, 1.54) is 0 Å². The van der Waals surface area contributed by atoms with Gasteiger partial charge in [0, 0.05) is 6.20 Å². The van der Waals surface area contributed by atoms with Gasteiger partial charge < -0.3 is 5.32 Å². The van der Waals surface area contributed by atoms with Gasteiger partial charge in [0.05, 0.1) is 22.0 Å². The highest BCUT2D eigenvalue weighted by atomic mass is 35.5. The minimum atomic E-state index is -0.310. The number of aryl methyl sites for hydroxylation is 2. The molecule has 0 atom stereocenters. The first-order chi connectivity index (χ1) is 9.61. The molecule has 5 nitrogen and oxygen atoms in total. The molecule has 2 aromatic rings. The number of nitrogens with zero attached hydrogens (tertiary/aromatic N) is 3. The SMILES string of the molecule is Cc1cc(Cl)c(NC(=O)c2cccnc2CCS)nn1. The Kier molecular flexibility index (Phi) is 4.92. The lowest BCUT2D eigenvalue weighted by Gasteiger charge is -2.08. The van der Waals surface area contributed by atoms with Crippen LogP contribution >= 0.6 is 24.2 Å². The van der Waals surface area contributed by atoms with E-state index in [-0.39, 0.29) is 11.7 Å². The number of amides is 1. The molecular weight excluding hydrogens is 296 g/mol. The molecule has 2 rings (SSSR count). The smallest absolute Gasteiger partial charge is 0.258 e. The van der Waals surface area contributed by atoms with Crippen molar-refractivity contribution < 1.29 is 4.79 Å². The van der Waals surface area contributed by atoms with Crippen LogP contribution in [0.15, 0.2) is 24.4 Å². The highest BCUT2D eigenvalue weighted by Gasteiger charge is 2.14. The van der Waals surface area contributed by atoms with E-state index in [2.05, 4.69) is 33.1 Å². The van der Waals surface area contributed by atoms with Crippen molar-refractivity contribution in [2.24, 2.45) is 0 Å². The normalized spacial score (nSPS) is 10.3. The van der Waals surface area contributed by atoms with E-state index in [1.807, 2.05) is 0 Å². The number of anilines is 1. The molecule has 0 aromatic carbocycles. The van der Waals surface area contributed by atoms with Crippen molar-refractivity contribution in [2.75, 3.05) is 11.1 Å². The summed E-state index contributed by atoms with van der Waals surface area (Å²) in [6, 6.07) is 5.05. The van der Waals surface area contributed by atoms with Gasteiger partial charge >= 0.3 is 0 Å². The summed E-state index contributed by atoms with van der Waals surface area (Å²) >= 11 is 10.2. The lowest BCUT2D eigenvalue weighted by molar-refractivity contribution is 0.102. The van der Waals surface area contributed by atoms with Crippen LogP contribution in [0.25, 0.3) is 0 Å². The molecular formula is C13H13ClN4OS. The van der Waals surface area contributed by atoms with Gasteiger partial charge in [-0.25, -0.2) is 0 Å². The highest BCUT2D eigenvalue weighted by molar-refractivity contribution is 7.80. The number of aromatic nitrogens is 3. The van der Waals surface area contributed by atoms with E-state index in [1.54, 1.807) is 31.3 Å². The number of pyridine rings is 1. The number of nitrogens with one attached hydrogen (secondary N) is 1. The van der Waals surface area contributed by atoms with E-state index < -0.39 is 0 Å². The van der Waals surface area contributed by atoms with Gasteiger partial charge in [0.2, 0.25) is 0 Å². The average molecular weight is 309 g/mol. The Hall–Kier alpha value is -1.66. The summed E-state index contributed by atoms with van der Waals surface area (Å²) in [4.78, 5) is 16.4. The number of thiol groups is 1. The Morgan fingerprint density at radius 2 is 2.25 bits per heavy atom. The molecule has 0 bridgehead atoms. The monoisotopic (exact) mass is 308 g/mol. The van der Waals surface area contributed by atoms with Gasteiger partial charge in [-0.05, 0) is 37.3 Å². The van der Waals surface area contributed by atoms with Crippen molar-refractivity contribution in [3.05, 3.63) is 46.4 Å². The van der Waals surface area contributed by atoms with Gasteiger partial charge in [0.25, 0.3) is 5.91 Å². The zero-order valence-corrected chi connectivity index (χ0v) is 12.4. The van der Waals surface area contributed by atoms with Crippen molar-refractivity contribution in [3.8, 4) is 0 Å². The fourth-order valence-electron chi connectivity index (χ4n) is 1.67. The van der Waals surface area contributed by atoms with E-state index >= 15 is 0 Å². The maximum Gasteiger partial charge on any atom is 0.258 e. The van der Waals surface area contributed by atoms with Crippen LogP contribution in [-0.4, -0.2) is 26.8 Å². The first kappa shape index (κ1) is 14.7. The molecule has 1 amide bonds. The summed E-state index contributed by atoms with van der Waals surface area (Å²) in [5.74, 6) is 0.542. The van der Waals surface area contributed by atoms with Crippen LogP contribution in [0, 0.1) is 6.92 Å². The molecule has 7 heteroatoms. The molecule has 0 saturated heterocycles. The third-order valence-corrected chi connectivity index (χ3v) is 3.10.